The maximum absolute atomic E-state index is 14.0. The van der Waals surface area contributed by atoms with Gasteiger partial charge in [-0.15, -0.1) is 11.3 Å². The summed E-state index contributed by atoms with van der Waals surface area (Å²) in [6, 6.07) is 3.26. The molecule has 1 aromatic carbocycles. The Bertz CT molecular complexity index is 615. The largest absolute Gasteiger partial charge is 0.494 e. The molecule has 0 saturated heterocycles. The molecule has 0 fully saturated rings. The molecule has 0 atom stereocenters. The smallest absolute Gasteiger partial charge is 0.203 e. The average molecular weight is 344 g/mol. The van der Waals surface area contributed by atoms with Crippen molar-refractivity contribution in [2.45, 2.75) is 6.92 Å². The van der Waals surface area contributed by atoms with E-state index in [0.29, 0.717) is 15.2 Å². The van der Waals surface area contributed by atoms with Gasteiger partial charge in [0.15, 0.2) is 11.6 Å². The van der Waals surface area contributed by atoms with Gasteiger partial charge >= 0.3 is 0 Å². The van der Waals surface area contributed by atoms with Gasteiger partial charge in [0.05, 0.1) is 19.0 Å². The minimum atomic E-state index is -0.460. The highest BCUT2D eigenvalue weighted by atomic mass is 79.9. The summed E-state index contributed by atoms with van der Waals surface area (Å²) < 4.78 is 19.5. The topological polar surface area (TPSA) is 46.5 Å². The third-order valence-corrected chi connectivity index (χ3v) is 3.84. The Hall–Kier alpha value is -1.47. The van der Waals surface area contributed by atoms with Crippen LogP contribution in [0.2, 0.25) is 0 Å². The lowest BCUT2D eigenvalue weighted by Crippen LogP contribution is -1.97. The molecule has 7 heteroatoms. The molecule has 0 unspecified atom stereocenters. The fraction of sp³-hybridized carbons (Fsp3) is 0.167. The Morgan fingerprint density at radius 1 is 1.53 bits per heavy atom. The molecule has 0 bridgehead atoms. The number of anilines is 1. The molecule has 0 spiro atoms. The summed E-state index contributed by atoms with van der Waals surface area (Å²) in [5.74, 6) is -0.285. The predicted octanol–water partition coefficient (Wildman–Crippen LogP) is 3.81. The summed E-state index contributed by atoms with van der Waals surface area (Å²) in [7, 11) is 1.42. The first-order valence-electron chi connectivity index (χ1n) is 5.35. The van der Waals surface area contributed by atoms with E-state index in [1.54, 1.807) is 12.1 Å². The van der Waals surface area contributed by atoms with E-state index >= 15 is 0 Å². The zero-order chi connectivity index (χ0) is 13.8. The first-order chi connectivity index (χ1) is 9.11. The van der Waals surface area contributed by atoms with Gasteiger partial charge in [0.2, 0.25) is 5.13 Å². The number of halogens is 2. The van der Waals surface area contributed by atoms with Crippen LogP contribution >= 0.6 is 27.3 Å². The van der Waals surface area contributed by atoms with Crippen molar-refractivity contribution < 1.29 is 9.13 Å². The van der Waals surface area contributed by atoms with Crippen molar-refractivity contribution in [2.75, 3.05) is 12.5 Å². The monoisotopic (exact) mass is 343 g/mol. The van der Waals surface area contributed by atoms with Crippen molar-refractivity contribution in [3.8, 4) is 5.75 Å². The maximum Gasteiger partial charge on any atom is 0.203 e. The number of nitrogens with zero attached hydrogens (tertiary/aromatic N) is 2. The van der Waals surface area contributed by atoms with Gasteiger partial charge in [-0.3, -0.25) is 5.43 Å². The second kappa shape index (κ2) is 6.12. The first-order valence-corrected chi connectivity index (χ1v) is 7.02. The lowest BCUT2D eigenvalue weighted by Gasteiger charge is -2.05. The molecule has 1 N–H and O–H groups in total. The van der Waals surface area contributed by atoms with Gasteiger partial charge in [-0.2, -0.15) is 5.10 Å². The van der Waals surface area contributed by atoms with Gasteiger partial charge < -0.3 is 4.74 Å². The van der Waals surface area contributed by atoms with Crippen LogP contribution in [0.25, 0.3) is 0 Å². The predicted molar refractivity (Wildman–Crippen MR) is 78.7 cm³/mol. The summed E-state index contributed by atoms with van der Waals surface area (Å²) >= 11 is 4.71. The van der Waals surface area contributed by atoms with Crippen LogP contribution in [0.15, 0.2) is 27.1 Å². The number of benzene rings is 1. The van der Waals surface area contributed by atoms with Gasteiger partial charge in [-0.25, -0.2) is 9.37 Å². The Labute approximate surface area is 122 Å². The number of nitrogens with one attached hydrogen (secondary N) is 1. The van der Waals surface area contributed by atoms with Crippen LogP contribution in [0.1, 0.15) is 11.3 Å². The van der Waals surface area contributed by atoms with E-state index in [0.717, 1.165) is 5.69 Å². The van der Waals surface area contributed by atoms with Gasteiger partial charge in [0.1, 0.15) is 0 Å². The number of aromatic nitrogens is 1. The van der Waals surface area contributed by atoms with Crippen LogP contribution in [-0.4, -0.2) is 18.3 Å². The van der Waals surface area contributed by atoms with Crippen molar-refractivity contribution in [1.29, 1.82) is 0 Å². The third-order valence-electron chi connectivity index (χ3n) is 2.28. The number of hydrogen-bond donors (Lipinski definition) is 1. The van der Waals surface area contributed by atoms with Crippen LogP contribution in [0.3, 0.4) is 0 Å². The molecule has 1 aromatic heterocycles. The van der Waals surface area contributed by atoms with E-state index in [4.69, 9.17) is 4.74 Å². The molecular formula is C12H11BrFN3OS. The third kappa shape index (κ3) is 3.30. The van der Waals surface area contributed by atoms with Gasteiger partial charge in [0.25, 0.3) is 0 Å². The fourth-order valence-electron chi connectivity index (χ4n) is 1.38. The lowest BCUT2D eigenvalue weighted by atomic mass is 10.2. The molecule has 0 aliphatic carbocycles. The molecule has 19 heavy (non-hydrogen) atoms. The minimum Gasteiger partial charge on any atom is -0.494 e. The van der Waals surface area contributed by atoms with E-state index in [2.05, 4.69) is 31.4 Å². The summed E-state index contributed by atoms with van der Waals surface area (Å²) in [6.07, 6.45) is 1.39. The number of methoxy groups -OCH3 is 1. The highest BCUT2D eigenvalue weighted by Crippen LogP contribution is 2.26. The SMILES string of the molecule is COc1ccc(Br)c(C=NNc2nc(C)cs2)c1F. The van der Waals surface area contributed by atoms with Gasteiger partial charge in [-0.1, -0.05) is 15.9 Å². The van der Waals surface area contributed by atoms with Crippen LogP contribution in [0.5, 0.6) is 5.75 Å². The number of aryl methyl sites for hydroxylation is 1. The minimum absolute atomic E-state index is 0.176. The summed E-state index contributed by atoms with van der Waals surface area (Å²) in [4.78, 5) is 4.18. The van der Waals surface area contributed by atoms with Crippen molar-refractivity contribution >= 4 is 38.6 Å². The molecule has 2 aromatic rings. The van der Waals surface area contributed by atoms with Crippen molar-refractivity contribution in [3.05, 3.63) is 39.1 Å². The number of ether oxygens (including phenoxy) is 1. The standard InChI is InChI=1S/C12H11BrFN3OS/c1-7-6-19-12(16-7)17-15-5-8-9(13)3-4-10(18-2)11(8)14/h3-6H,1-2H3,(H,16,17). The second-order valence-electron chi connectivity index (χ2n) is 3.64. The van der Waals surface area contributed by atoms with E-state index in [1.165, 1.54) is 24.7 Å². The van der Waals surface area contributed by atoms with E-state index < -0.39 is 5.82 Å². The molecule has 0 amide bonds. The molecular weight excluding hydrogens is 333 g/mol. The van der Waals surface area contributed by atoms with Crippen molar-refractivity contribution in [2.24, 2.45) is 5.10 Å². The Morgan fingerprint density at radius 3 is 2.95 bits per heavy atom. The molecule has 0 aliphatic heterocycles. The zero-order valence-electron chi connectivity index (χ0n) is 10.3. The Balaban J connectivity index is 2.18. The second-order valence-corrected chi connectivity index (χ2v) is 5.35. The molecule has 0 saturated carbocycles. The van der Waals surface area contributed by atoms with E-state index in [9.17, 15) is 4.39 Å². The van der Waals surface area contributed by atoms with Crippen LogP contribution < -0.4 is 10.2 Å². The number of hydrazone groups is 1. The fourth-order valence-corrected chi connectivity index (χ4v) is 2.43. The molecule has 0 aliphatic rings. The van der Waals surface area contributed by atoms with Gasteiger partial charge in [0, 0.05) is 15.4 Å². The highest BCUT2D eigenvalue weighted by molar-refractivity contribution is 9.10. The van der Waals surface area contributed by atoms with E-state index in [-0.39, 0.29) is 5.75 Å². The quantitative estimate of drug-likeness (QED) is 0.678. The molecule has 1 heterocycles. The average Bonchev–Trinajstić information content (AvgIpc) is 2.79. The summed E-state index contributed by atoms with van der Waals surface area (Å²) in [6.45, 7) is 1.89. The van der Waals surface area contributed by atoms with E-state index in [1.807, 2.05) is 12.3 Å². The first kappa shape index (κ1) is 14.0. The van der Waals surface area contributed by atoms with Crippen LogP contribution in [-0.2, 0) is 0 Å². The van der Waals surface area contributed by atoms with Crippen LogP contribution in [0, 0.1) is 12.7 Å². The van der Waals surface area contributed by atoms with Crippen molar-refractivity contribution in [1.82, 2.24) is 4.98 Å². The number of rotatable bonds is 4. The van der Waals surface area contributed by atoms with Gasteiger partial charge in [-0.05, 0) is 19.1 Å². The molecule has 0 radical (unpaired) electrons. The number of hydrogen-bond acceptors (Lipinski definition) is 5. The Kier molecular flexibility index (Phi) is 4.49. The molecule has 2 rings (SSSR count). The van der Waals surface area contributed by atoms with Crippen molar-refractivity contribution in [3.63, 3.8) is 0 Å². The lowest BCUT2D eigenvalue weighted by molar-refractivity contribution is 0.386. The normalized spacial score (nSPS) is 10.9. The zero-order valence-corrected chi connectivity index (χ0v) is 12.7. The highest BCUT2D eigenvalue weighted by Gasteiger charge is 2.10. The number of thiazole rings is 1. The Morgan fingerprint density at radius 2 is 2.32 bits per heavy atom. The summed E-state index contributed by atoms with van der Waals surface area (Å²) in [5, 5.41) is 6.53. The summed E-state index contributed by atoms with van der Waals surface area (Å²) in [5.41, 5.74) is 3.99. The van der Waals surface area contributed by atoms with Crippen LogP contribution in [0.4, 0.5) is 9.52 Å². The molecule has 4 nitrogen and oxygen atoms in total. The maximum atomic E-state index is 14.0. The molecule has 100 valence electrons.